The molecule has 0 aliphatic heterocycles. The van der Waals surface area contributed by atoms with Gasteiger partial charge in [-0.2, -0.15) is 0 Å². The lowest BCUT2D eigenvalue weighted by atomic mass is 9.99. The van der Waals surface area contributed by atoms with E-state index in [2.05, 4.69) is 79.5 Å². The van der Waals surface area contributed by atoms with Gasteiger partial charge in [-0.3, -0.25) is 4.98 Å². The van der Waals surface area contributed by atoms with E-state index in [-0.39, 0.29) is 0 Å². The third-order valence-corrected chi connectivity index (χ3v) is 4.57. The number of benzene rings is 2. The van der Waals surface area contributed by atoms with Crippen LogP contribution in [0.2, 0.25) is 0 Å². The number of nitrogens with zero attached hydrogens (tertiary/aromatic N) is 2. The minimum Gasteiger partial charge on any atom is -0.256 e. The molecule has 2 heteroatoms. The molecule has 4 rings (SSSR count). The molecule has 0 saturated carbocycles. The Labute approximate surface area is 154 Å². The molecule has 0 saturated heterocycles. The van der Waals surface area contributed by atoms with Crippen LogP contribution in [0.15, 0.2) is 85.1 Å². The van der Waals surface area contributed by atoms with Gasteiger partial charge >= 0.3 is 0 Å². The van der Waals surface area contributed by atoms with Gasteiger partial charge in [0.2, 0.25) is 0 Å². The predicted molar refractivity (Wildman–Crippen MR) is 108 cm³/mol. The maximum Gasteiger partial charge on any atom is 0.0712 e. The molecular formula is C24H20N2. The quantitative estimate of drug-likeness (QED) is 0.452. The minimum absolute atomic E-state index is 0.975. The summed E-state index contributed by atoms with van der Waals surface area (Å²) in [4.78, 5) is 9.38. The molecule has 2 aromatic heterocycles. The molecule has 0 aliphatic rings. The molecule has 0 amide bonds. The predicted octanol–water partition coefficient (Wildman–Crippen LogP) is 6.09. The molecule has 0 radical (unpaired) electrons. The van der Waals surface area contributed by atoms with Crippen molar-refractivity contribution in [2.75, 3.05) is 0 Å². The number of hydrogen-bond donors (Lipinski definition) is 0. The van der Waals surface area contributed by atoms with E-state index in [1.165, 1.54) is 11.1 Å². The zero-order valence-electron chi connectivity index (χ0n) is 15.0. The van der Waals surface area contributed by atoms with E-state index in [0.29, 0.717) is 0 Å². The van der Waals surface area contributed by atoms with Crippen LogP contribution in [0, 0.1) is 13.8 Å². The van der Waals surface area contributed by atoms with Gasteiger partial charge in [-0.15, -0.1) is 0 Å². The summed E-state index contributed by atoms with van der Waals surface area (Å²) in [6, 6.07) is 27.1. The molecule has 0 atom stereocenters. The van der Waals surface area contributed by atoms with Gasteiger partial charge in [0.15, 0.2) is 0 Å². The Kier molecular flexibility index (Phi) is 4.32. The Balaban J connectivity index is 1.78. The summed E-state index contributed by atoms with van der Waals surface area (Å²) in [5.41, 5.74) is 8.79. The summed E-state index contributed by atoms with van der Waals surface area (Å²) < 4.78 is 0. The molecule has 2 heterocycles. The Morgan fingerprint density at radius 3 is 2.12 bits per heavy atom. The highest BCUT2D eigenvalue weighted by Crippen LogP contribution is 2.29. The fraction of sp³-hybridized carbons (Fsp3) is 0.0833. The van der Waals surface area contributed by atoms with E-state index in [1.807, 2.05) is 24.4 Å². The van der Waals surface area contributed by atoms with Crippen LogP contribution in [0.3, 0.4) is 0 Å². The molecule has 4 aromatic rings. The monoisotopic (exact) mass is 336 g/mol. The van der Waals surface area contributed by atoms with Crippen molar-refractivity contribution in [1.82, 2.24) is 9.97 Å². The van der Waals surface area contributed by atoms with E-state index >= 15 is 0 Å². The molecule has 0 aliphatic carbocycles. The SMILES string of the molecule is Cc1ccc(-c2cccc(-c3cc(-c4ccccn4)ccc3C)n2)cc1. The summed E-state index contributed by atoms with van der Waals surface area (Å²) in [5.74, 6) is 0. The number of pyridine rings is 2. The summed E-state index contributed by atoms with van der Waals surface area (Å²) in [5, 5.41) is 0. The summed E-state index contributed by atoms with van der Waals surface area (Å²) in [6.07, 6.45) is 1.82. The van der Waals surface area contributed by atoms with E-state index < -0.39 is 0 Å². The minimum atomic E-state index is 0.975. The molecule has 126 valence electrons. The first-order valence-electron chi connectivity index (χ1n) is 8.77. The Morgan fingerprint density at radius 2 is 1.35 bits per heavy atom. The smallest absolute Gasteiger partial charge is 0.0712 e. The van der Waals surface area contributed by atoms with E-state index in [1.54, 1.807) is 0 Å². The topological polar surface area (TPSA) is 25.8 Å². The fourth-order valence-corrected chi connectivity index (χ4v) is 3.06. The van der Waals surface area contributed by atoms with Crippen molar-refractivity contribution in [2.24, 2.45) is 0 Å². The molecule has 0 spiro atoms. The normalized spacial score (nSPS) is 10.7. The number of aromatic nitrogens is 2. The van der Waals surface area contributed by atoms with Crippen LogP contribution in [-0.4, -0.2) is 9.97 Å². The highest BCUT2D eigenvalue weighted by atomic mass is 14.7. The third kappa shape index (κ3) is 3.27. The Bertz CT molecular complexity index is 1040. The molecule has 2 aromatic carbocycles. The number of hydrogen-bond acceptors (Lipinski definition) is 2. The van der Waals surface area contributed by atoms with Crippen molar-refractivity contribution in [3.63, 3.8) is 0 Å². The van der Waals surface area contributed by atoms with Crippen molar-refractivity contribution in [2.45, 2.75) is 13.8 Å². The van der Waals surface area contributed by atoms with E-state index in [9.17, 15) is 0 Å². The number of rotatable bonds is 3. The number of aryl methyl sites for hydroxylation is 2. The van der Waals surface area contributed by atoms with Gasteiger partial charge in [-0.05, 0) is 49.7 Å². The van der Waals surface area contributed by atoms with Crippen molar-refractivity contribution in [3.8, 4) is 33.8 Å². The highest BCUT2D eigenvalue weighted by Gasteiger charge is 2.08. The molecule has 2 nitrogen and oxygen atoms in total. The third-order valence-electron chi connectivity index (χ3n) is 4.57. The van der Waals surface area contributed by atoms with Gasteiger partial charge in [-0.1, -0.05) is 54.1 Å². The van der Waals surface area contributed by atoms with Crippen LogP contribution in [-0.2, 0) is 0 Å². The van der Waals surface area contributed by atoms with Crippen molar-refractivity contribution in [1.29, 1.82) is 0 Å². The lowest BCUT2D eigenvalue weighted by Gasteiger charge is -2.10. The molecule has 26 heavy (non-hydrogen) atoms. The van der Waals surface area contributed by atoms with Crippen LogP contribution < -0.4 is 0 Å². The molecule has 0 fully saturated rings. The first-order chi connectivity index (χ1) is 12.7. The summed E-state index contributed by atoms with van der Waals surface area (Å²) >= 11 is 0. The molecule has 0 bridgehead atoms. The average Bonchev–Trinajstić information content (AvgIpc) is 2.70. The second-order valence-corrected chi connectivity index (χ2v) is 6.52. The largest absolute Gasteiger partial charge is 0.256 e. The van der Waals surface area contributed by atoms with Gasteiger partial charge in [0, 0.05) is 22.9 Å². The standard InChI is InChI=1S/C24H20N2/c1-17-9-12-19(13-10-17)23-7-5-8-24(26-23)21-16-20(14-11-18(21)2)22-6-3-4-15-25-22/h3-16H,1-2H3. The molecule has 0 unspecified atom stereocenters. The second-order valence-electron chi connectivity index (χ2n) is 6.52. The first-order valence-corrected chi connectivity index (χ1v) is 8.77. The average molecular weight is 336 g/mol. The lowest BCUT2D eigenvalue weighted by Crippen LogP contribution is -1.92. The van der Waals surface area contributed by atoms with Crippen LogP contribution >= 0.6 is 0 Å². The maximum absolute atomic E-state index is 4.92. The Hall–Kier alpha value is -3.26. The van der Waals surface area contributed by atoms with E-state index in [0.717, 1.165) is 33.8 Å². The highest BCUT2D eigenvalue weighted by molar-refractivity contribution is 5.73. The van der Waals surface area contributed by atoms with Gasteiger partial charge in [0.25, 0.3) is 0 Å². The van der Waals surface area contributed by atoms with Crippen molar-refractivity contribution >= 4 is 0 Å². The molecule has 0 N–H and O–H groups in total. The lowest BCUT2D eigenvalue weighted by molar-refractivity contribution is 1.29. The van der Waals surface area contributed by atoms with Crippen LogP contribution in [0.5, 0.6) is 0 Å². The summed E-state index contributed by atoms with van der Waals surface area (Å²) in [7, 11) is 0. The Morgan fingerprint density at radius 1 is 0.615 bits per heavy atom. The van der Waals surface area contributed by atoms with Gasteiger partial charge in [0.05, 0.1) is 17.1 Å². The van der Waals surface area contributed by atoms with Crippen LogP contribution in [0.25, 0.3) is 33.8 Å². The second kappa shape index (κ2) is 6.93. The van der Waals surface area contributed by atoms with Gasteiger partial charge in [0.1, 0.15) is 0 Å². The maximum atomic E-state index is 4.92. The van der Waals surface area contributed by atoms with Crippen LogP contribution in [0.4, 0.5) is 0 Å². The zero-order chi connectivity index (χ0) is 17.9. The van der Waals surface area contributed by atoms with Gasteiger partial charge < -0.3 is 0 Å². The van der Waals surface area contributed by atoms with Crippen molar-refractivity contribution in [3.05, 3.63) is 96.2 Å². The zero-order valence-corrected chi connectivity index (χ0v) is 15.0. The molecular weight excluding hydrogens is 316 g/mol. The fourth-order valence-electron chi connectivity index (χ4n) is 3.06. The van der Waals surface area contributed by atoms with Crippen LogP contribution in [0.1, 0.15) is 11.1 Å². The first kappa shape index (κ1) is 16.2. The van der Waals surface area contributed by atoms with E-state index in [4.69, 9.17) is 4.98 Å². The van der Waals surface area contributed by atoms with Crippen molar-refractivity contribution < 1.29 is 0 Å². The van der Waals surface area contributed by atoms with Gasteiger partial charge in [-0.25, -0.2) is 4.98 Å². The summed E-state index contributed by atoms with van der Waals surface area (Å²) in [6.45, 7) is 4.22.